The van der Waals surface area contributed by atoms with Crippen molar-refractivity contribution in [1.82, 2.24) is 15.1 Å². The first-order valence-corrected chi connectivity index (χ1v) is 11.3. The molecule has 1 aromatic heterocycles. The lowest BCUT2D eigenvalue weighted by atomic mass is 9.94. The van der Waals surface area contributed by atoms with Crippen LogP contribution in [-0.4, -0.2) is 27.2 Å². The Morgan fingerprint density at radius 1 is 1.06 bits per heavy atom. The van der Waals surface area contributed by atoms with Crippen LogP contribution in [0, 0.1) is 20.8 Å². The number of aromatic nitrogens is 2. The first-order chi connectivity index (χ1) is 15.0. The Balaban J connectivity index is 1.59. The maximum Gasteiger partial charge on any atom is 0.322 e. The van der Waals surface area contributed by atoms with Gasteiger partial charge in [-0.15, -0.1) is 0 Å². The monoisotopic (exact) mass is 416 g/mol. The number of anilines is 1. The normalized spacial score (nSPS) is 14.4. The van der Waals surface area contributed by atoms with E-state index in [-0.39, 0.29) is 12.1 Å². The number of rotatable bonds is 5. The molecular formula is C26H32N4O. The molecule has 0 atom stereocenters. The Hall–Kier alpha value is -3.08. The van der Waals surface area contributed by atoms with Crippen molar-refractivity contribution < 1.29 is 4.79 Å². The smallest absolute Gasteiger partial charge is 0.317 e. The third-order valence-electron chi connectivity index (χ3n) is 6.26. The third-order valence-corrected chi connectivity index (χ3v) is 6.26. The fourth-order valence-corrected chi connectivity index (χ4v) is 4.76. The van der Waals surface area contributed by atoms with E-state index in [1.54, 1.807) is 0 Å². The minimum Gasteiger partial charge on any atom is -0.317 e. The summed E-state index contributed by atoms with van der Waals surface area (Å²) in [5, 5.41) is 10.4. The van der Waals surface area contributed by atoms with Crippen LogP contribution in [0.2, 0.25) is 0 Å². The van der Waals surface area contributed by atoms with Crippen LogP contribution in [0.25, 0.3) is 11.3 Å². The number of benzene rings is 2. The molecule has 4 rings (SSSR count). The molecule has 1 aliphatic carbocycles. The molecule has 2 aromatic carbocycles. The molecule has 5 nitrogen and oxygen atoms in total. The first kappa shape index (κ1) is 21.2. The van der Waals surface area contributed by atoms with Gasteiger partial charge in [0.25, 0.3) is 0 Å². The van der Waals surface area contributed by atoms with Crippen LogP contribution in [0.1, 0.15) is 54.4 Å². The SMILES string of the molecule is Cc1cc(C)c(NC(=O)N(Cc2cccc(-c3cc[nH]n3)c2)C2CCCCC2)c(C)c1. The van der Waals surface area contributed by atoms with E-state index in [4.69, 9.17) is 0 Å². The summed E-state index contributed by atoms with van der Waals surface area (Å²) in [6.45, 7) is 6.81. The summed E-state index contributed by atoms with van der Waals surface area (Å²) in [6.07, 6.45) is 7.60. The first-order valence-electron chi connectivity index (χ1n) is 11.3. The van der Waals surface area contributed by atoms with Gasteiger partial charge in [-0.2, -0.15) is 5.10 Å². The average molecular weight is 417 g/mol. The summed E-state index contributed by atoms with van der Waals surface area (Å²) in [5.74, 6) is 0. The molecule has 1 heterocycles. The van der Waals surface area contributed by atoms with Crippen molar-refractivity contribution in [2.45, 2.75) is 65.5 Å². The Kier molecular flexibility index (Phi) is 6.40. The van der Waals surface area contributed by atoms with Crippen LogP contribution in [0.3, 0.4) is 0 Å². The second-order valence-electron chi connectivity index (χ2n) is 8.78. The summed E-state index contributed by atoms with van der Waals surface area (Å²) in [6, 6.07) is 14.8. The molecule has 0 unspecified atom stereocenters. The molecular weight excluding hydrogens is 384 g/mol. The predicted octanol–water partition coefficient (Wildman–Crippen LogP) is 6.37. The van der Waals surface area contributed by atoms with Crippen LogP contribution < -0.4 is 5.32 Å². The van der Waals surface area contributed by atoms with E-state index in [1.807, 2.05) is 23.2 Å². The number of aromatic amines is 1. The molecule has 0 saturated heterocycles. The van der Waals surface area contributed by atoms with Crippen molar-refractivity contribution in [3.63, 3.8) is 0 Å². The minimum atomic E-state index is -0.00729. The molecule has 162 valence electrons. The lowest BCUT2D eigenvalue weighted by Gasteiger charge is -2.35. The van der Waals surface area contributed by atoms with Gasteiger partial charge in [0.1, 0.15) is 0 Å². The summed E-state index contributed by atoms with van der Waals surface area (Å²) in [7, 11) is 0. The maximum atomic E-state index is 13.5. The number of hydrogen-bond donors (Lipinski definition) is 2. The number of H-pyrrole nitrogens is 1. The van der Waals surface area contributed by atoms with Gasteiger partial charge in [-0.25, -0.2) is 4.79 Å². The molecule has 0 bridgehead atoms. The maximum absolute atomic E-state index is 13.5. The van der Waals surface area contributed by atoms with Gasteiger partial charge in [0, 0.05) is 30.0 Å². The molecule has 5 heteroatoms. The Bertz CT molecular complexity index is 1010. The van der Waals surface area contributed by atoms with Crippen LogP contribution in [0.4, 0.5) is 10.5 Å². The topological polar surface area (TPSA) is 61.0 Å². The predicted molar refractivity (Wildman–Crippen MR) is 126 cm³/mol. The highest BCUT2D eigenvalue weighted by molar-refractivity contribution is 5.91. The number of nitrogens with zero attached hydrogens (tertiary/aromatic N) is 2. The standard InChI is InChI=1S/C26H32N4O/c1-18-14-19(2)25(20(3)15-18)28-26(31)30(23-10-5-4-6-11-23)17-21-8-7-9-22(16-21)24-12-13-27-29-24/h7-9,12-16,23H,4-6,10-11,17H2,1-3H3,(H,27,29)(H,28,31). The fourth-order valence-electron chi connectivity index (χ4n) is 4.76. The minimum absolute atomic E-state index is 0.00729. The average Bonchev–Trinajstić information content (AvgIpc) is 3.30. The number of aryl methyl sites for hydroxylation is 3. The van der Waals surface area contributed by atoms with E-state index in [0.717, 1.165) is 46.5 Å². The van der Waals surface area contributed by atoms with Crippen LogP contribution in [-0.2, 0) is 6.54 Å². The molecule has 0 radical (unpaired) electrons. The number of hydrogen-bond acceptors (Lipinski definition) is 2. The number of amides is 2. The molecule has 0 aliphatic heterocycles. The van der Waals surface area contributed by atoms with Crippen molar-refractivity contribution in [3.8, 4) is 11.3 Å². The molecule has 1 aliphatic rings. The summed E-state index contributed by atoms with van der Waals surface area (Å²) in [5.41, 5.74) is 7.46. The van der Waals surface area contributed by atoms with Gasteiger partial charge in [0.15, 0.2) is 0 Å². The van der Waals surface area contributed by atoms with Gasteiger partial charge in [-0.05, 0) is 62.4 Å². The van der Waals surface area contributed by atoms with E-state index in [0.29, 0.717) is 6.54 Å². The van der Waals surface area contributed by atoms with Crippen molar-refractivity contribution >= 4 is 11.7 Å². The van der Waals surface area contributed by atoms with Crippen molar-refractivity contribution in [2.75, 3.05) is 5.32 Å². The van der Waals surface area contributed by atoms with Crippen LogP contribution in [0.15, 0.2) is 48.7 Å². The van der Waals surface area contributed by atoms with Gasteiger partial charge in [0.05, 0.1) is 5.69 Å². The zero-order valence-electron chi connectivity index (χ0n) is 18.7. The van der Waals surface area contributed by atoms with E-state index < -0.39 is 0 Å². The van der Waals surface area contributed by atoms with Crippen molar-refractivity contribution in [3.05, 3.63) is 70.9 Å². The van der Waals surface area contributed by atoms with Crippen molar-refractivity contribution in [1.29, 1.82) is 0 Å². The van der Waals surface area contributed by atoms with E-state index in [9.17, 15) is 4.79 Å². The second kappa shape index (κ2) is 9.38. The number of urea groups is 1. The van der Waals surface area contributed by atoms with Gasteiger partial charge in [-0.3, -0.25) is 5.10 Å². The summed E-state index contributed by atoms with van der Waals surface area (Å²) >= 11 is 0. The van der Waals surface area contributed by atoms with Crippen LogP contribution in [0.5, 0.6) is 0 Å². The Morgan fingerprint density at radius 2 is 1.81 bits per heavy atom. The zero-order chi connectivity index (χ0) is 21.8. The van der Waals surface area contributed by atoms with E-state index in [1.165, 1.54) is 24.8 Å². The van der Waals surface area contributed by atoms with E-state index in [2.05, 4.69) is 66.6 Å². The largest absolute Gasteiger partial charge is 0.322 e. The third kappa shape index (κ3) is 4.98. The molecule has 2 N–H and O–H groups in total. The highest BCUT2D eigenvalue weighted by Crippen LogP contribution is 2.28. The van der Waals surface area contributed by atoms with Gasteiger partial charge < -0.3 is 10.2 Å². The second-order valence-corrected chi connectivity index (χ2v) is 8.78. The Morgan fingerprint density at radius 3 is 2.48 bits per heavy atom. The summed E-state index contributed by atoms with van der Waals surface area (Å²) in [4.78, 5) is 15.6. The molecule has 0 spiro atoms. The Labute approximate surface area is 184 Å². The molecule has 3 aromatic rings. The van der Waals surface area contributed by atoms with E-state index >= 15 is 0 Å². The van der Waals surface area contributed by atoms with Crippen molar-refractivity contribution in [2.24, 2.45) is 0 Å². The number of carbonyl (C=O) groups excluding carboxylic acids is 1. The zero-order valence-corrected chi connectivity index (χ0v) is 18.7. The molecule has 2 amide bonds. The quantitative estimate of drug-likeness (QED) is 0.508. The van der Waals surface area contributed by atoms with Gasteiger partial charge in [-0.1, -0.05) is 55.2 Å². The molecule has 31 heavy (non-hydrogen) atoms. The lowest BCUT2D eigenvalue weighted by molar-refractivity contribution is 0.163. The molecule has 1 saturated carbocycles. The summed E-state index contributed by atoms with van der Waals surface area (Å²) < 4.78 is 0. The van der Waals surface area contributed by atoms with Gasteiger partial charge in [0.2, 0.25) is 0 Å². The number of nitrogens with one attached hydrogen (secondary N) is 2. The fraction of sp³-hybridized carbons (Fsp3) is 0.385. The lowest BCUT2D eigenvalue weighted by Crippen LogP contribution is -2.43. The highest BCUT2D eigenvalue weighted by Gasteiger charge is 2.26. The highest BCUT2D eigenvalue weighted by atomic mass is 16.2. The van der Waals surface area contributed by atoms with Gasteiger partial charge >= 0.3 is 6.03 Å². The van der Waals surface area contributed by atoms with Crippen LogP contribution >= 0.6 is 0 Å². The molecule has 1 fully saturated rings. The number of carbonyl (C=O) groups is 1.